The van der Waals surface area contributed by atoms with Crippen molar-refractivity contribution in [2.45, 2.75) is 37.6 Å². The van der Waals surface area contributed by atoms with Gasteiger partial charge in [-0.15, -0.1) is 0 Å². The second-order valence-corrected chi connectivity index (χ2v) is 8.08. The highest BCUT2D eigenvalue weighted by Crippen LogP contribution is 2.58. The Morgan fingerprint density at radius 1 is 1.30 bits per heavy atom. The molecule has 7 atom stereocenters. The van der Waals surface area contributed by atoms with Gasteiger partial charge in [-0.2, -0.15) is 0 Å². The fourth-order valence-corrected chi connectivity index (χ4v) is 6.08. The number of fused-ring (bicyclic) bond motifs is 3. The molecule has 4 fully saturated rings. The maximum absolute atomic E-state index is 10.6. The van der Waals surface area contributed by atoms with Crippen LogP contribution in [0.3, 0.4) is 0 Å². The van der Waals surface area contributed by atoms with Crippen molar-refractivity contribution in [2.75, 3.05) is 13.2 Å². The molecule has 0 spiro atoms. The number of rotatable bonds is 0. The number of hydrogen-bond acceptors (Lipinski definition) is 3. The molecule has 7 rings (SSSR count). The van der Waals surface area contributed by atoms with E-state index < -0.39 is 5.79 Å². The first kappa shape index (κ1) is 13.0. The normalized spacial score (nSPS) is 46.9. The Kier molecular flexibility index (Phi) is 2.26. The molecule has 6 heterocycles. The van der Waals surface area contributed by atoms with Gasteiger partial charge in [0.05, 0.1) is 12.6 Å². The summed E-state index contributed by atoms with van der Waals surface area (Å²) in [7, 11) is 0. The molecular formula is C19H22N2O2. The zero-order chi connectivity index (χ0) is 15.3. The molecule has 1 aromatic heterocycles. The molecule has 2 aromatic rings. The van der Waals surface area contributed by atoms with Gasteiger partial charge in [-0.25, -0.2) is 0 Å². The van der Waals surface area contributed by atoms with Gasteiger partial charge < -0.3 is 14.8 Å². The van der Waals surface area contributed by atoms with E-state index in [9.17, 15) is 5.11 Å². The van der Waals surface area contributed by atoms with Crippen LogP contribution in [0, 0.1) is 17.8 Å². The summed E-state index contributed by atoms with van der Waals surface area (Å²) < 4.78 is 5.85. The van der Waals surface area contributed by atoms with Gasteiger partial charge >= 0.3 is 0 Å². The minimum absolute atomic E-state index is 0.264. The van der Waals surface area contributed by atoms with Gasteiger partial charge in [0, 0.05) is 41.0 Å². The molecule has 0 radical (unpaired) electrons. The first-order valence-electron chi connectivity index (χ1n) is 8.85. The molecule has 4 heteroatoms. The van der Waals surface area contributed by atoms with Gasteiger partial charge in [-0.05, 0) is 37.3 Å². The summed E-state index contributed by atoms with van der Waals surface area (Å²) in [5.74, 6) is 0.489. The van der Waals surface area contributed by atoms with Crippen LogP contribution >= 0.6 is 0 Å². The number of aromatic amines is 1. The van der Waals surface area contributed by atoms with Crippen LogP contribution in [0.4, 0.5) is 0 Å². The van der Waals surface area contributed by atoms with Gasteiger partial charge in [-0.3, -0.25) is 4.90 Å². The number of nitrogens with zero attached hydrogens (tertiary/aromatic N) is 1. The summed E-state index contributed by atoms with van der Waals surface area (Å²) in [5, 5.41) is 12.0. The first-order chi connectivity index (χ1) is 11.1. The fourth-order valence-electron chi connectivity index (χ4n) is 6.08. The zero-order valence-electron chi connectivity index (χ0n) is 13.3. The van der Waals surface area contributed by atoms with Crippen LogP contribution in [0.25, 0.3) is 10.9 Å². The van der Waals surface area contributed by atoms with E-state index in [1.165, 1.54) is 22.2 Å². The topological polar surface area (TPSA) is 48.5 Å². The third kappa shape index (κ3) is 1.48. The van der Waals surface area contributed by atoms with E-state index in [1.807, 2.05) is 6.92 Å². The Bertz CT molecular complexity index is 811. The maximum Gasteiger partial charge on any atom is 0.166 e. The van der Waals surface area contributed by atoms with Crippen molar-refractivity contribution in [2.24, 2.45) is 17.8 Å². The Balaban J connectivity index is 1.51. The third-order valence-corrected chi connectivity index (χ3v) is 7.14. The SMILES string of the molecule is C[C@@]1(O)OC[C@@H]2[C@H]3C[C@H]4c5[nH]c6ccccc6c5C[C@@H]2N4C[C@@H]31. The van der Waals surface area contributed by atoms with Crippen LogP contribution < -0.4 is 0 Å². The molecule has 2 N–H and O–H groups in total. The molecule has 1 unspecified atom stereocenters. The number of benzene rings is 1. The molecule has 1 aromatic carbocycles. The lowest BCUT2D eigenvalue weighted by molar-refractivity contribution is -0.318. The molecular weight excluding hydrogens is 288 g/mol. The molecule has 120 valence electrons. The number of hydrogen-bond donors (Lipinski definition) is 2. The van der Waals surface area contributed by atoms with E-state index in [1.54, 1.807) is 0 Å². The van der Waals surface area contributed by atoms with Crippen molar-refractivity contribution in [1.82, 2.24) is 9.88 Å². The van der Waals surface area contributed by atoms with Crippen molar-refractivity contribution < 1.29 is 9.84 Å². The average molecular weight is 310 g/mol. The zero-order valence-corrected chi connectivity index (χ0v) is 13.3. The van der Waals surface area contributed by atoms with Gasteiger partial charge in [0.2, 0.25) is 0 Å². The quantitative estimate of drug-likeness (QED) is 0.786. The molecule has 6 bridgehead atoms. The molecule has 4 nitrogen and oxygen atoms in total. The van der Waals surface area contributed by atoms with E-state index in [-0.39, 0.29) is 5.92 Å². The summed E-state index contributed by atoms with van der Waals surface area (Å²) in [6.07, 6.45) is 2.28. The molecule has 4 saturated heterocycles. The first-order valence-corrected chi connectivity index (χ1v) is 8.85. The van der Waals surface area contributed by atoms with E-state index in [2.05, 4.69) is 34.1 Å². The lowest BCUT2D eigenvalue weighted by Gasteiger charge is -2.64. The van der Waals surface area contributed by atoms with Crippen LogP contribution in [0.15, 0.2) is 24.3 Å². The van der Waals surface area contributed by atoms with Crippen LogP contribution in [0.5, 0.6) is 0 Å². The Labute approximate surface area is 135 Å². The van der Waals surface area contributed by atoms with E-state index in [0.717, 1.165) is 19.4 Å². The smallest absolute Gasteiger partial charge is 0.166 e. The summed E-state index contributed by atoms with van der Waals surface area (Å²) in [4.78, 5) is 6.38. The molecule has 0 amide bonds. The van der Waals surface area contributed by atoms with Gasteiger partial charge in [0.25, 0.3) is 0 Å². The second-order valence-electron chi connectivity index (χ2n) is 8.08. The van der Waals surface area contributed by atoms with Crippen LogP contribution in [0.2, 0.25) is 0 Å². The third-order valence-electron chi connectivity index (χ3n) is 7.14. The van der Waals surface area contributed by atoms with Crippen LogP contribution in [-0.2, 0) is 11.2 Å². The van der Waals surface area contributed by atoms with E-state index in [4.69, 9.17) is 4.74 Å². The van der Waals surface area contributed by atoms with Crippen LogP contribution in [0.1, 0.15) is 30.6 Å². The van der Waals surface area contributed by atoms with Crippen molar-refractivity contribution in [3.8, 4) is 0 Å². The molecule has 0 aliphatic carbocycles. The number of piperidine rings is 3. The van der Waals surface area contributed by atoms with Gasteiger partial charge in [-0.1, -0.05) is 18.2 Å². The monoisotopic (exact) mass is 310 g/mol. The Hall–Kier alpha value is -1.36. The van der Waals surface area contributed by atoms with Crippen molar-refractivity contribution in [3.05, 3.63) is 35.5 Å². The predicted molar refractivity (Wildman–Crippen MR) is 86.9 cm³/mol. The van der Waals surface area contributed by atoms with Crippen molar-refractivity contribution >= 4 is 10.9 Å². The standard InChI is InChI=1S/C19H22N2O2/c1-19(22)14-8-21-16-7-12-10-4-2-3-5-15(10)20-18(12)17(21)6-11(14)13(16)9-23-19/h2-5,11,13-14,16-17,20,22H,6-9H2,1H3/t11-,13-,14+,16+,17+,19-/m1/s1. The van der Waals surface area contributed by atoms with Gasteiger partial charge in [0.15, 0.2) is 5.79 Å². The molecule has 0 saturated carbocycles. The van der Waals surface area contributed by atoms with E-state index in [0.29, 0.717) is 30.5 Å². The van der Waals surface area contributed by atoms with Gasteiger partial charge in [0.1, 0.15) is 0 Å². The van der Waals surface area contributed by atoms with Crippen molar-refractivity contribution in [1.29, 1.82) is 0 Å². The minimum Gasteiger partial charge on any atom is -0.365 e. The predicted octanol–water partition coefficient (Wildman–Crippen LogP) is 2.44. The number of nitrogens with one attached hydrogen (secondary N) is 1. The molecule has 23 heavy (non-hydrogen) atoms. The second kappa shape index (κ2) is 4.00. The Morgan fingerprint density at radius 2 is 2.17 bits per heavy atom. The van der Waals surface area contributed by atoms with E-state index >= 15 is 0 Å². The summed E-state index contributed by atoms with van der Waals surface area (Å²) >= 11 is 0. The number of H-pyrrole nitrogens is 1. The largest absolute Gasteiger partial charge is 0.365 e. The summed E-state index contributed by atoms with van der Waals surface area (Å²) in [6.45, 7) is 3.54. The lowest BCUT2D eigenvalue weighted by Crippen LogP contribution is -2.70. The molecule has 5 aliphatic heterocycles. The minimum atomic E-state index is -0.947. The lowest BCUT2D eigenvalue weighted by atomic mass is 9.59. The summed E-state index contributed by atoms with van der Waals surface area (Å²) in [6, 6.07) is 9.78. The number of para-hydroxylation sites is 1. The highest BCUT2D eigenvalue weighted by molar-refractivity contribution is 5.85. The maximum atomic E-state index is 10.6. The molecule has 5 aliphatic rings. The summed E-state index contributed by atoms with van der Waals surface area (Å²) in [5.41, 5.74) is 4.24. The highest BCUT2D eigenvalue weighted by Gasteiger charge is 2.61. The van der Waals surface area contributed by atoms with Crippen molar-refractivity contribution in [3.63, 3.8) is 0 Å². The number of aromatic nitrogens is 1. The number of ether oxygens (including phenoxy) is 1. The fraction of sp³-hybridized carbons (Fsp3) is 0.579. The Morgan fingerprint density at radius 3 is 3.09 bits per heavy atom. The average Bonchev–Trinajstić information content (AvgIpc) is 2.92. The van der Waals surface area contributed by atoms with Crippen LogP contribution in [-0.4, -0.2) is 40.0 Å². The number of aliphatic hydroxyl groups is 1. The highest BCUT2D eigenvalue weighted by atomic mass is 16.6.